The van der Waals surface area contributed by atoms with Gasteiger partial charge < -0.3 is 10.3 Å². The zero-order valence-electron chi connectivity index (χ0n) is 13.0. The number of nitrogens with zero attached hydrogens (tertiary/aromatic N) is 4. The van der Waals surface area contributed by atoms with Gasteiger partial charge in [0.15, 0.2) is 11.5 Å². The fourth-order valence-corrected chi connectivity index (χ4v) is 4.16. The Balaban J connectivity index is 2.10. The van der Waals surface area contributed by atoms with Gasteiger partial charge in [-0.3, -0.25) is 0 Å². The number of imidazole rings is 1. The highest BCUT2D eigenvalue weighted by Gasteiger charge is 2.45. The van der Waals surface area contributed by atoms with Crippen molar-refractivity contribution in [3.8, 4) is 0 Å². The quantitative estimate of drug-likeness (QED) is 0.863. The van der Waals surface area contributed by atoms with Crippen LogP contribution in [-0.2, 0) is 0 Å². The lowest BCUT2D eigenvalue weighted by molar-refractivity contribution is 0.150. The Hall–Kier alpha value is -1.72. The van der Waals surface area contributed by atoms with Gasteiger partial charge in [0.2, 0.25) is 0 Å². The summed E-state index contributed by atoms with van der Waals surface area (Å²) in [6.07, 6.45) is 3.15. The van der Waals surface area contributed by atoms with E-state index in [1.54, 1.807) is 6.33 Å². The molecule has 114 valence electrons. The Morgan fingerprint density at radius 2 is 2.05 bits per heavy atom. The van der Waals surface area contributed by atoms with Crippen LogP contribution < -0.4 is 5.73 Å². The van der Waals surface area contributed by atoms with Crippen LogP contribution in [0.5, 0.6) is 0 Å². The number of nitrogens with two attached hydrogens (primary N) is 1. The Morgan fingerprint density at radius 3 is 2.67 bits per heavy atom. The average Bonchev–Trinajstić information content (AvgIpc) is 2.89. The second-order valence-corrected chi connectivity index (χ2v) is 6.97. The fraction of sp³-hybridized carbons (Fsp3) is 0.667. The number of nitrogen functional groups attached to an aromatic ring is 1. The summed E-state index contributed by atoms with van der Waals surface area (Å²) in [7, 11) is 0. The number of anilines is 1. The molecule has 0 bridgehead atoms. The predicted molar refractivity (Wildman–Crippen MR) is 80.1 cm³/mol. The molecule has 3 rings (SSSR count). The van der Waals surface area contributed by atoms with Gasteiger partial charge in [-0.05, 0) is 30.1 Å². The Bertz CT molecular complexity index is 676. The van der Waals surface area contributed by atoms with Crippen LogP contribution in [0.15, 0.2) is 6.33 Å². The van der Waals surface area contributed by atoms with E-state index in [1.807, 2.05) is 4.57 Å². The van der Waals surface area contributed by atoms with Crippen LogP contribution in [0.3, 0.4) is 0 Å². The number of hydrogen-bond donors (Lipinski definition) is 1. The molecule has 0 amide bonds. The molecule has 6 heteroatoms. The molecule has 21 heavy (non-hydrogen) atoms. The first-order chi connectivity index (χ1) is 9.82. The van der Waals surface area contributed by atoms with Crippen molar-refractivity contribution in [3.05, 3.63) is 12.4 Å². The third kappa shape index (κ3) is 2.08. The van der Waals surface area contributed by atoms with E-state index in [0.717, 1.165) is 12.8 Å². The zero-order valence-corrected chi connectivity index (χ0v) is 13.0. The number of fused-ring (bicyclic) bond motifs is 1. The molecule has 0 aliphatic heterocycles. The van der Waals surface area contributed by atoms with E-state index in [1.165, 1.54) is 0 Å². The molecule has 0 spiro atoms. The van der Waals surface area contributed by atoms with Crippen LogP contribution in [0.1, 0.15) is 46.6 Å². The van der Waals surface area contributed by atoms with Crippen LogP contribution in [0.25, 0.3) is 11.2 Å². The molecule has 0 saturated heterocycles. The van der Waals surface area contributed by atoms with Crippen molar-refractivity contribution in [2.45, 2.75) is 46.6 Å². The third-order valence-corrected chi connectivity index (χ3v) is 5.13. The third-order valence-electron chi connectivity index (χ3n) is 5.13. The van der Waals surface area contributed by atoms with E-state index < -0.39 is 6.08 Å². The molecule has 2 aromatic rings. The zero-order chi connectivity index (χ0) is 15.4. The minimum absolute atomic E-state index is 0.104. The van der Waals surface area contributed by atoms with Crippen LogP contribution in [0, 0.1) is 23.3 Å². The smallest absolute Gasteiger partial charge is 0.312 e. The van der Waals surface area contributed by atoms with Gasteiger partial charge in [-0.25, -0.2) is 4.98 Å². The molecule has 1 fully saturated rings. The largest absolute Gasteiger partial charge is 0.382 e. The lowest BCUT2D eigenvalue weighted by atomic mass is 9.73. The Labute approximate surface area is 123 Å². The molecule has 0 radical (unpaired) electrons. The van der Waals surface area contributed by atoms with E-state index in [9.17, 15) is 4.39 Å². The van der Waals surface area contributed by atoms with Gasteiger partial charge in [0.25, 0.3) is 0 Å². The molecule has 1 aliphatic rings. The molecular weight excluding hydrogens is 269 g/mol. The first-order valence-corrected chi connectivity index (χ1v) is 7.48. The van der Waals surface area contributed by atoms with Crippen molar-refractivity contribution in [2.24, 2.45) is 17.3 Å². The van der Waals surface area contributed by atoms with E-state index in [2.05, 4.69) is 42.6 Å². The van der Waals surface area contributed by atoms with Gasteiger partial charge >= 0.3 is 6.08 Å². The molecular formula is C15H22FN5. The van der Waals surface area contributed by atoms with Gasteiger partial charge in [-0.2, -0.15) is 14.4 Å². The minimum Gasteiger partial charge on any atom is -0.382 e. The van der Waals surface area contributed by atoms with Crippen molar-refractivity contribution in [3.63, 3.8) is 0 Å². The van der Waals surface area contributed by atoms with Crippen molar-refractivity contribution in [2.75, 3.05) is 5.73 Å². The van der Waals surface area contributed by atoms with Gasteiger partial charge in [-0.1, -0.05) is 27.7 Å². The maximum atomic E-state index is 13.5. The highest BCUT2D eigenvalue weighted by atomic mass is 19.1. The standard InChI is InChI=1S/C15H22FN5/c1-8(2)9-5-6-10(15(9,3)4)21-7-18-11-12(17)19-14(16)20-13(11)21/h7-10H,5-6H2,1-4H3,(H2,17,19,20). The first-order valence-electron chi connectivity index (χ1n) is 7.48. The Morgan fingerprint density at radius 1 is 1.33 bits per heavy atom. The molecule has 1 aliphatic carbocycles. The highest BCUT2D eigenvalue weighted by molar-refractivity contribution is 5.81. The SMILES string of the molecule is CC(C)C1CCC(n2cnc3c(N)nc(F)nc32)C1(C)C. The summed E-state index contributed by atoms with van der Waals surface area (Å²) in [6.45, 7) is 9.09. The lowest BCUT2D eigenvalue weighted by Crippen LogP contribution is -2.30. The number of aromatic nitrogens is 4. The maximum Gasteiger partial charge on any atom is 0.312 e. The van der Waals surface area contributed by atoms with Crippen molar-refractivity contribution in [1.29, 1.82) is 0 Å². The van der Waals surface area contributed by atoms with Crippen molar-refractivity contribution in [1.82, 2.24) is 19.5 Å². The number of halogens is 1. The molecule has 2 heterocycles. The van der Waals surface area contributed by atoms with Crippen molar-refractivity contribution >= 4 is 17.0 Å². The maximum absolute atomic E-state index is 13.5. The van der Waals surface area contributed by atoms with Gasteiger partial charge in [-0.15, -0.1) is 0 Å². The molecule has 5 nitrogen and oxygen atoms in total. The summed E-state index contributed by atoms with van der Waals surface area (Å²) >= 11 is 0. The molecule has 2 unspecified atom stereocenters. The molecule has 2 atom stereocenters. The van der Waals surface area contributed by atoms with E-state index in [-0.39, 0.29) is 17.3 Å². The summed E-state index contributed by atoms with van der Waals surface area (Å²) in [5, 5.41) is 0. The molecule has 2 N–H and O–H groups in total. The Kier molecular flexibility index (Phi) is 3.15. The second kappa shape index (κ2) is 4.64. The first kappa shape index (κ1) is 14.2. The monoisotopic (exact) mass is 291 g/mol. The number of rotatable bonds is 2. The van der Waals surface area contributed by atoms with Gasteiger partial charge in [0.05, 0.1) is 6.33 Å². The number of hydrogen-bond acceptors (Lipinski definition) is 4. The molecule has 2 aromatic heterocycles. The summed E-state index contributed by atoms with van der Waals surface area (Å²) in [4.78, 5) is 11.8. The van der Waals surface area contributed by atoms with E-state index >= 15 is 0 Å². The fourth-order valence-electron chi connectivity index (χ4n) is 4.16. The summed E-state index contributed by atoms with van der Waals surface area (Å²) < 4.78 is 15.5. The predicted octanol–water partition coefficient (Wildman–Crippen LogP) is 3.18. The van der Waals surface area contributed by atoms with Crippen LogP contribution in [0.2, 0.25) is 0 Å². The van der Waals surface area contributed by atoms with Crippen molar-refractivity contribution < 1.29 is 4.39 Å². The molecule has 0 aromatic carbocycles. The topological polar surface area (TPSA) is 69.6 Å². The van der Waals surface area contributed by atoms with Crippen LogP contribution >= 0.6 is 0 Å². The normalized spacial score (nSPS) is 25.0. The summed E-state index contributed by atoms with van der Waals surface area (Å²) in [5.41, 5.74) is 6.84. The average molecular weight is 291 g/mol. The van der Waals surface area contributed by atoms with Crippen LogP contribution in [0.4, 0.5) is 10.2 Å². The minimum atomic E-state index is -0.794. The summed E-state index contributed by atoms with van der Waals surface area (Å²) in [6, 6.07) is 0.253. The van der Waals surface area contributed by atoms with Gasteiger partial charge in [0, 0.05) is 6.04 Å². The van der Waals surface area contributed by atoms with E-state index in [4.69, 9.17) is 5.73 Å². The second-order valence-electron chi connectivity index (χ2n) is 6.97. The molecule has 1 saturated carbocycles. The van der Waals surface area contributed by atoms with Gasteiger partial charge in [0.1, 0.15) is 5.52 Å². The van der Waals surface area contributed by atoms with E-state index in [0.29, 0.717) is 23.0 Å². The highest BCUT2D eigenvalue weighted by Crippen LogP contribution is 2.53. The van der Waals surface area contributed by atoms with Crippen LogP contribution in [-0.4, -0.2) is 19.5 Å². The lowest BCUT2D eigenvalue weighted by Gasteiger charge is -2.36. The summed E-state index contributed by atoms with van der Waals surface area (Å²) in [5.74, 6) is 1.35.